The predicted molar refractivity (Wildman–Crippen MR) is 76.2 cm³/mol. The Morgan fingerprint density at radius 2 is 2.11 bits per heavy atom. The van der Waals surface area contributed by atoms with E-state index in [4.69, 9.17) is 0 Å². The quantitative estimate of drug-likeness (QED) is 0.854. The van der Waals surface area contributed by atoms with Crippen LogP contribution in [-0.4, -0.2) is 11.7 Å². The molecular weight excluding hydrogens is 222 g/mol. The molecule has 0 bridgehead atoms. The number of phenols is 1. The highest BCUT2D eigenvalue weighted by Gasteiger charge is 2.35. The second-order valence-corrected chi connectivity index (χ2v) is 5.91. The molecule has 1 atom stereocenters. The Labute approximate surface area is 110 Å². The predicted octanol–water partition coefficient (Wildman–Crippen LogP) is 3.68. The zero-order valence-corrected chi connectivity index (χ0v) is 12.0. The number of phenolic OH excluding ortho intramolecular Hbond substituents is 1. The normalized spacial score (nSPS) is 23.8. The van der Waals surface area contributed by atoms with Gasteiger partial charge in [-0.1, -0.05) is 32.9 Å². The van der Waals surface area contributed by atoms with Gasteiger partial charge in [-0.2, -0.15) is 0 Å². The highest BCUT2D eigenvalue weighted by Crippen LogP contribution is 2.42. The Bertz CT molecular complexity index is 431. The fraction of sp³-hybridized carbons (Fsp3) is 0.625. The van der Waals surface area contributed by atoms with E-state index in [1.807, 2.05) is 0 Å². The average Bonchev–Trinajstić information content (AvgIpc) is 2.76. The standard InChI is InChI=1S/C16H25NO/c1-5-12-7-8-13(11(2)3)14(15(12)18)16(4)9-6-10-17-16/h7-8,11,17-18H,5-6,9-10H2,1-4H3. The summed E-state index contributed by atoms with van der Waals surface area (Å²) in [5.41, 5.74) is 3.41. The van der Waals surface area contributed by atoms with Gasteiger partial charge < -0.3 is 10.4 Å². The van der Waals surface area contributed by atoms with E-state index < -0.39 is 0 Å². The van der Waals surface area contributed by atoms with Gasteiger partial charge in [0.15, 0.2) is 0 Å². The van der Waals surface area contributed by atoms with E-state index in [2.05, 4.69) is 45.1 Å². The van der Waals surface area contributed by atoms with E-state index in [0.717, 1.165) is 30.5 Å². The summed E-state index contributed by atoms with van der Waals surface area (Å²) >= 11 is 0. The Hall–Kier alpha value is -1.02. The van der Waals surface area contributed by atoms with E-state index >= 15 is 0 Å². The van der Waals surface area contributed by atoms with Crippen LogP contribution in [0, 0.1) is 0 Å². The van der Waals surface area contributed by atoms with Gasteiger partial charge in [0.1, 0.15) is 5.75 Å². The van der Waals surface area contributed by atoms with Crippen molar-refractivity contribution in [3.05, 3.63) is 28.8 Å². The molecule has 2 rings (SSSR count). The molecule has 0 aromatic heterocycles. The molecule has 1 heterocycles. The minimum atomic E-state index is -0.0606. The molecule has 1 aromatic carbocycles. The molecular formula is C16H25NO. The fourth-order valence-corrected chi connectivity index (χ4v) is 3.10. The van der Waals surface area contributed by atoms with Crippen LogP contribution in [0.5, 0.6) is 5.75 Å². The molecule has 2 N–H and O–H groups in total. The molecule has 0 amide bonds. The first-order valence-electron chi connectivity index (χ1n) is 7.10. The number of nitrogens with one attached hydrogen (secondary N) is 1. The molecule has 1 fully saturated rings. The Kier molecular flexibility index (Phi) is 3.67. The van der Waals surface area contributed by atoms with Gasteiger partial charge in [0.05, 0.1) is 0 Å². The number of hydrogen-bond donors (Lipinski definition) is 2. The van der Waals surface area contributed by atoms with Crippen LogP contribution >= 0.6 is 0 Å². The molecule has 18 heavy (non-hydrogen) atoms. The van der Waals surface area contributed by atoms with Gasteiger partial charge in [-0.15, -0.1) is 0 Å². The second kappa shape index (κ2) is 4.93. The second-order valence-electron chi connectivity index (χ2n) is 5.91. The van der Waals surface area contributed by atoms with Crippen molar-refractivity contribution in [1.29, 1.82) is 0 Å². The average molecular weight is 247 g/mol. The first kappa shape index (κ1) is 13.4. The summed E-state index contributed by atoms with van der Waals surface area (Å²) in [4.78, 5) is 0. The number of benzene rings is 1. The topological polar surface area (TPSA) is 32.3 Å². The van der Waals surface area contributed by atoms with Gasteiger partial charge in [-0.25, -0.2) is 0 Å². The third kappa shape index (κ3) is 2.14. The van der Waals surface area contributed by atoms with Crippen molar-refractivity contribution in [2.24, 2.45) is 0 Å². The van der Waals surface area contributed by atoms with Crippen LogP contribution in [0.3, 0.4) is 0 Å². The van der Waals surface area contributed by atoms with Crippen LogP contribution in [0.25, 0.3) is 0 Å². The monoisotopic (exact) mass is 247 g/mol. The maximum absolute atomic E-state index is 10.6. The maximum Gasteiger partial charge on any atom is 0.124 e. The molecule has 0 spiro atoms. The Balaban J connectivity index is 2.60. The summed E-state index contributed by atoms with van der Waals surface area (Å²) < 4.78 is 0. The van der Waals surface area contributed by atoms with Gasteiger partial charge in [0, 0.05) is 11.1 Å². The molecule has 1 unspecified atom stereocenters. The summed E-state index contributed by atoms with van der Waals surface area (Å²) in [6, 6.07) is 4.27. The van der Waals surface area contributed by atoms with Crippen LogP contribution in [0.15, 0.2) is 12.1 Å². The number of aromatic hydroxyl groups is 1. The lowest BCUT2D eigenvalue weighted by Gasteiger charge is -2.31. The van der Waals surface area contributed by atoms with Crippen molar-refractivity contribution in [2.45, 2.75) is 58.4 Å². The first-order chi connectivity index (χ1) is 8.49. The molecule has 100 valence electrons. The zero-order valence-electron chi connectivity index (χ0n) is 12.0. The van der Waals surface area contributed by atoms with Crippen LogP contribution in [0.2, 0.25) is 0 Å². The smallest absolute Gasteiger partial charge is 0.124 e. The van der Waals surface area contributed by atoms with Crippen LogP contribution in [0.1, 0.15) is 63.1 Å². The van der Waals surface area contributed by atoms with Gasteiger partial charge in [-0.05, 0) is 49.8 Å². The molecule has 2 heteroatoms. The van der Waals surface area contributed by atoms with E-state index in [9.17, 15) is 5.11 Å². The van der Waals surface area contributed by atoms with E-state index in [1.165, 1.54) is 12.0 Å². The van der Waals surface area contributed by atoms with Crippen molar-refractivity contribution in [3.63, 3.8) is 0 Å². The zero-order chi connectivity index (χ0) is 13.3. The summed E-state index contributed by atoms with van der Waals surface area (Å²) in [5.74, 6) is 0.955. The van der Waals surface area contributed by atoms with Crippen molar-refractivity contribution in [3.8, 4) is 5.75 Å². The van der Waals surface area contributed by atoms with Crippen molar-refractivity contribution < 1.29 is 5.11 Å². The van der Waals surface area contributed by atoms with Gasteiger partial charge in [0.2, 0.25) is 0 Å². The highest BCUT2D eigenvalue weighted by atomic mass is 16.3. The SMILES string of the molecule is CCc1ccc(C(C)C)c(C2(C)CCCN2)c1O. The lowest BCUT2D eigenvalue weighted by atomic mass is 9.81. The van der Waals surface area contributed by atoms with Gasteiger partial charge in [-0.3, -0.25) is 0 Å². The molecule has 1 saturated heterocycles. The van der Waals surface area contributed by atoms with Crippen LogP contribution in [-0.2, 0) is 12.0 Å². The number of rotatable bonds is 3. The first-order valence-corrected chi connectivity index (χ1v) is 7.10. The maximum atomic E-state index is 10.6. The minimum Gasteiger partial charge on any atom is -0.507 e. The summed E-state index contributed by atoms with van der Waals surface area (Å²) in [6.45, 7) is 9.76. The molecule has 2 nitrogen and oxygen atoms in total. The van der Waals surface area contributed by atoms with Gasteiger partial charge >= 0.3 is 0 Å². The summed E-state index contributed by atoms with van der Waals surface area (Å²) in [5, 5.41) is 14.2. The molecule has 0 radical (unpaired) electrons. The van der Waals surface area contributed by atoms with E-state index in [-0.39, 0.29) is 5.54 Å². The van der Waals surface area contributed by atoms with Crippen LogP contribution in [0.4, 0.5) is 0 Å². The highest BCUT2D eigenvalue weighted by molar-refractivity contribution is 5.51. The Morgan fingerprint density at radius 3 is 2.61 bits per heavy atom. The molecule has 0 aliphatic carbocycles. The molecule has 1 aromatic rings. The third-order valence-electron chi connectivity index (χ3n) is 4.22. The minimum absolute atomic E-state index is 0.0606. The Morgan fingerprint density at radius 1 is 1.39 bits per heavy atom. The lowest BCUT2D eigenvalue weighted by molar-refractivity contribution is 0.386. The fourth-order valence-electron chi connectivity index (χ4n) is 3.10. The van der Waals surface area contributed by atoms with Crippen molar-refractivity contribution >= 4 is 0 Å². The number of aryl methyl sites for hydroxylation is 1. The third-order valence-corrected chi connectivity index (χ3v) is 4.22. The lowest BCUT2D eigenvalue weighted by Crippen LogP contribution is -2.34. The molecule has 1 aliphatic heterocycles. The molecule has 1 aliphatic rings. The number of hydrogen-bond acceptors (Lipinski definition) is 2. The van der Waals surface area contributed by atoms with Gasteiger partial charge in [0.25, 0.3) is 0 Å². The van der Waals surface area contributed by atoms with E-state index in [1.54, 1.807) is 0 Å². The van der Waals surface area contributed by atoms with Crippen molar-refractivity contribution in [2.75, 3.05) is 6.54 Å². The summed E-state index contributed by atoms with van der Waals surface area (Å²) in [7, 11) is 0. The van der Waals surface area contributed by atoms with E-state index in [0.29, 0.717) is 11.7 Å². The van der Waals surface area contributed by atoms with Crippen molar-refractivity contribution in [1.82, 2.24) is 5.32 Å². The summed E-state index contributed by atoms with van der Waals surface area (Å²) in [6.07, 6.45) is 3.17. The van der Waals surface area contributed by atoms with Crippen LogP contribution < -0.4 is 5.32 Å². The molecule has 0 saturated carbocycles. The largest absolute Gasteiger partial charge is 0.507 e.